The van der Waals surface area contributed by atoms with Crippen molar-refractivity contribution in [3.63, 3.8) is 0 Å². The summed E-state index contributed by atoms with van der Waals surface area (Å²) < 4.78 is 40.8. The Morgan fingerprint density at radius 1 is 1.14 bits per heavy atom. The summed E-state index contributed by atoms with van der Waals surface area (Å²) in [6, 6.07) is 11.5. The molecule has 0 saturated carbocycles. The molecule has 1 heterocycles. The van der Waals surface area contributed by atoms with E-state index in [1.807, 2.05) is 0 Å². The Hall–Kier alpha value is -2.57. The second-order valence-corrected chi connectivity index (χ2v) is 7.56. The molecule has 144 valence electrons. The van der Waals surface area contributed by atoms with Crippen LogP contribution in [0.1, 0.15) is 25.0 Å². The van der Waals surface area contributed by atoms with Crippen LogP contribution in [0.2, 0.25) is 0 Å². The van der Waals surface area contributed by atoms with Gasteiger partial charge < -0.3 is 4.90 Å². The van der Waals surface area contributed by atoms with Crippen molar-refractivity contribution in [1.82, 2.24) is 0 Å². The number of rotatable bonds is 2. The molecule has 0 spiro atoms. The average Bonchev–Trinajstić information content (AvgIpc) is 2.80. The molecular formula is C19H14F3N3OS2. The number of alkyl halides is 3. The molecule has 0 unspecified atom stereocenters. The van der Waals surface area contributed by atoms with Gasteiger partial charge in [-0.25, -0.2) is 0 Å². The summed E-state index contributed by atoms with van der Waals surface area (Å²) in [7, 11) is 0. The molecule has 2 aromatic carbocycles. The Balaban J connectivity index is 2.17. The molecule has 0 atom stereocenters. The molecule has 2 aromatic rings. The molecule has 1 fully saturated rings. The van der Waals surface area contributed by atoms with Crippen LogP contribution in [0.4, 0.5) is 24.5 Å². The molecule has 0 aromatic heterocycles. The van der Waals surface area contributed by atoms with Crippen LogP contribution >= 0.6 is 24.8 Å². The topological polar surface area (TPSA) is 47.3 Å². The Morgan fingerprint density at radius 2 is 1.75 bits per heavy atom. The number of carbonyl (C=O) groups excluding carboxylic acids is 1. The van der Waals surface area contributed by atoms with E-state index in [-0.39, 0.29) is 10.7 Å². The van der Waals surface area contributed by atoms with Crippen LogP contribution in [0, 0.1) is 11.3 Å². The highest BCUT2D eigenvalue weighted by Gasteiger charge is 2.52. The summed E-state index contributed by atoms with van der Waals surface area (Å²) >= 11 is 9.62. The number of benzene rings is 2. The molecule has 9 heteroatoms. The van der Waals surface area contributed by atoms with Gasteiger partial charge in [0.15, 0.2) is 5.11 Å². The van der Waals surface area contributed by atoms with Crippen molar-refractivity contribution in [2.75, 3.05) is 9.80 Å². The summed E-state index contributed by atoms with van der Waals surface area (Å²) in [5.41, 5.74) is -2.29. The van der Waals surface area contributed by atoms with Gasteiger partial charge in [-0.2, -0.15) is 18.4 Å². The molecule has 1 amide bonds. The number of hydrogen-bond donors (Lipinski definition) is 1. The molecule has 28 heavy (non-hydrogen) atoms. The van der Waals surface area contributed by atoms with Crippen molar-refractivity contribution in [2.24, 2.45) is 0 Å². The fourth-order valence-electron chi connectivity index (χ4n) is 3.07. The van der Waals surface area contributed by atoms with Gasteiger partial charge in [0.05, 0.1) is 22.9 Å². The Bertz CT molecular complexity index is 1010. The average molecular weight is 421 g/mol. The van der Waals surface area contributed by atoms with Gasteiger partial charge in [-0.05, 0) is 68.5 Å². The summed E-state index contributed by atoms with van der Waals surface area (Å²) in [6.07, 6.45) is -4.76. The van der Waals surface area contributed by atoms with Crippen LogP contribution in [0.3, 0.4) is 0 Å². The first-order valence-electron chi connectivity index (χ1n) is 8.07. The predicted octanol–water partition coefficient (Wildman–Crippen LogP) is 4.78. The Kier molecular flexibility index (Phi) is 4.89. The Morgan fingerprint density at radius 3 is 2.29 bits per heavy atom. The molecule has 4 nitrogen and oxygen atoms in total. The van der Waals surface area contributed by atoms with Gasteiger partial charge >= 0.3 is 6.18 Å². The van der Waals surface area contributed by atoms with Gasteiger partial charge in [0.2, 0.25) is 0 Å². The van der Waals surface area contributed by atoms with E-state index in [1.54, 1.807) is 44.2 Å². The largest absolute Gasteiger partial charge is 0.418 e. The number of amides is 1. The van der Waals surface area contributed by atoms with E-state index in [9.17, 15) is 18.0 Å². The minimum absolute atomic E-state index is 0.0721. The maximum Gasteiger partial charge on any atom is 0.418 e. The van der Waals surface area contributed by atoms with Gasteiger partial charge in [-0.15, -0.1) is 12.6 Å². The van der Waals surface area contributed by atoms with Crippen LogP contribution in [-0.4, -0.2) is 16.6 Å². The molecule has 0 N–H and O–H groups in total. The van der Waals surface area contributed by atoms with Crippen LogP contribution in [0.25, 0.3) is 0 Å². The van der Waals surface area contributed by atoms with Crippen LogP contribution in [0.5, 0.6) is 0 Å². The number of halogens is 3. The molecule has 0 bridgehead atoms. The quantitative estimate of drug-likeness (QED) is 0.560. The zero-order valence-corrected chi connectivity index (χ0v) is 16.5. The minimum atomic E-state index is -4.76. The first-order chi connectivity index (χ1) is 13.0. The molecule has 1 aliphatic heterocycles. The molecule has 1 aliphatic rings. The van der Waals surface area contributed by atoms with Gasteiger partial charge in [0.1, 0.15) is 5.54 Å². The maximum atomic E-state index is 13.6. The molecule has 0 radical (unpaired) electrons. The highest BCUT2D eigenvalue weighted by molar-refractivity contribution is 7.81. The number of thiocarbonyl (C=S) groups is 1. The lowest BCUT2D eigenvalue weighted by atomic mass is 10.0. The fraction of sp³-hybridized carbons (Fsp3) is 0.211. The van der Waals surface area contributed by atoms with Crippen LogP contribution < -0.4 is 9.80 Å². The second-order valence-electron chi connectivity index (χ2n) is 6.68. The molecule has 1 saturated heterocycles. The number of nitriles is 1. The van der Waals surface area contributed by atoms with Crippen LogP contribution in [0.15, 0.2) is 47.4 Å². The zero-order valence-electron chi connectivity index (χ0n) is 14.8. The van der Waals surface area contributed by atoms with Crippen molar-refractivity contribution in [2.45, 2.75) is 30.5 Å². The Labute approximate surface area is 170 Å². The van der Waals surface area contributed by atoms with E-state index in [0.29, 0.717) is 10.6 Å². The number of anilines is 2. The van der Waals surface area contributed by atoms with E-state index in [2.05, 4.69) is 12.6 Å². The smallest absolute Gasteiger partial charge is 0.304 e. The fourth-order valence-corrected chi connectivity index (χ4v) is 3.73. The minimum Gasteiger partial charge on any atom is -0.304 e. The van der Waals surface area contributed by atoms with Crippen LogP contribution in [-0.2, 0) is 11.0 Å². The van der Waals surface area contributed by atoms with Gasteiger partial charge in [0.25, 0.3) is 5.91 Å². The zero-order chi connectivity index (χ0) is 20.9. The van der Waals surface area contributed by atoms with Gasteiger partial charge in [0, 0.05) is 10.6 Å². The van der Waals surface area contributed by atoms with E-state index >= 15 is 0 Å². The maximum absolute atomic E-state index is 13.6. The standard InChI is InChI=1S/C19H14F3N3OS2/c1-18(2)16(26)24(17(28)25(18)12-4-6-13(27)7-5-12)15-8-3-11(10-23)9-14(15)19(20,21)22/h3-9,27H,1-2H3. The molecule has 3 rings (SSSR count). The first-order valence-corrected chi connectivity index (χ1v) is 8.93. The van der Waals surface area contributed by atoms with E-state index in [0.717, 1.165) is 17.0 Å². The van der Waals surface area contributed by atoms with E-state index in [1.165, 1.54) is 11.0 Å². The number of carbonyl (C=O) groups is 1. The lowest BCUT2D eigenvalue weighted by Crippen LogP contribution is -2.44. The number of hydrogen-bond acceptors (Lipinski definition) is 4. The number of thiol groups is 1. The lowest BCUT2D eigenvalue weighted by Gasteiger charge is -2.29. The van der Waals surface area contributed by atoms with Crippen molar-refractivity contribution in [3.8, 4) is 6.07 Å². The SMILES string of the molecule is CC1(C)C(=O)N(c2ccc(C#N)cc2C(F)(F)F)C(=S)N1c1ccc(S)cc1. The normalized spacial score (nSPS) is 16.5. The molecular weight excluding hydrogens is 407 g/mol. The summed E-state index contributed by atoms with van der Waals surface area (Å²) in [5, 5.41) is 8.87. The first kappa shape index (κ1) is 20.2. The summed E-state index contributed by atoms with van der Waals surface area (Å²) in [4.78, 5) is 16.2. The summed E-state index contributed by atoms with van der Waals surface area (Å²) in [6.45, 7) is 3.18. The third-order valence-electron chi connectivity index (χ3n) is 4.45. The van der Waals surface area contributed by atoms with Crippen molar-refractivity contribution < 1.29 is 18.0 Å². The molecule has 0 aliphatic carbocycles. The van der Waals surface area contributed by atoms with E-state index < -0.39 is 28.9 Å². The second kappa shape index (κ2) is 6.79. The van der Waals surface area contributed by atoms with Crippen molar-refractivity contribution in [1.29, 1.82) is 5.26 Å². The van der Waals surface area contributed by atoms with Crippen molar-refractivity contribution >= 4 is 47.2 Å². The monoisotopic (exact) mass is 421 g/mol. The van der Waals surface area contributed by atoms with Crippen molar-refractivity contribution in [3.05, 3.63) is 53.6 Å². The van der Waals surface area contributed by atoms with Gasteiger partial charge in [-0.3, -0.25) is 9.69 Å². The van der Waals surface area contributed by atoms with Gasteiger partial charge in [-0.1, -0.05) is 0 Å². The third-order valence-corrected chi connectivity index (χ3v) is 5.11. The lowest BCUT2D eigenvalue weighted by molar-refractivity contribution is -0.137. The summed E-state index contributed by atoms with van der Waals surface area (Å²) in [5.74, 6) is -0.595. The third kappa shape index (κ3) is 3.23. The highest BCUT2D eigenvalue weighted by atomic mass is 32.1. The number of nitrogens with zero attached hydrogens (tertiary/aromatic N) is 3. The predicted molar refractivity (Wildman–Crippen MR) is 106 cm³/mol. The highest BCUT2D eigenvalue weighted by Crippen LogP contribution is 2.42. The van der Waals surface area contributed by atoms with E-state index in [4.69, 9.17) is 17.5 Å².